The van der Waals surface area contributed by atoms with Crippen LogP contribution in [0, 0.1) is 0 Å². The topological polar surface area (TPSA) is 256 Å². The van der Waals surface area contributed by atoms with E-state index in [4.69, 9.17) is 46.6 Å². The largest absolute Gasteiger partial charge is 0.479 e. The Morgan fingerprint density at radius 3 is 0.833 bits per heavy atom. The van der Waals surface area contributed by atoms with Crippen LogP contribution >= 0.6 is 12.6 Å². The zero-order chi connectivity index (χ0) is 20.0. The van der Waals surface area contributed by atoms with Crippen molar-refractivity contribution in [3.8, 4) is 0 Å². The SMILES string of the molecule is NCCS.O=C(O)C(O)C(O)C(=O)O.O=C(O)C(O)C(O)C(=O)O. The molecule has 0 aromatic carbocycles. The van der Waals surface area contributed by atoms with Crippen molar-refractivity contribution in [2.45, 2.75) is 24.4 Å². The quantitative estimate of drug-likeness (QED) is 0.188. The molecule has 24 heavy (non-hydrogen) atoms. The molecular formula is C10H19NO12S. The molecule has 142 valence electrons. The van der Waals surface area contributed by atoms with Gasteiger partial charge in [0.15, 0.2) is 24.4 Å². The number of thiol groups is 1. The van der Waals surface area contributed by atoms with E-state index in [1.165, 1.54) is 0 Å². The molecule has 0 saturated heterocycles. The van der Waals surface area contributed by atoms with Gasteiger partial charge in [-0.3, -0.25) is 0 Å². The minimum atomic E-state index is -2.27. The summed E-state index contributed by atoms with van der Waals surface area (Å²) in [7, 11) is 0. The predicted octanol–water partition coefficient (Wildman–Crippen LogP) is -4.37. The lowest BCUT2D eigenvalue weighted by atomic mass is 10.2. The average molecular weight is 377 g/mol. The van der Waals surface area contributed by atoms with Crippen molar-refractivity contribution in [2.24, 2.45) is 5.73 Å². The first kappa shape index (κ1) is 26.9. The highest BCUT2D eigenvalue weighted by atomic mass is 32.1. The number of aliphatic hydroxyl groups excluding tert-OH is 4. The number of hydrogen-bond acceptors (Lipinski definition) is 10. The number of nitrogens with two attached hydrogens (primary N) is 1. The lowest BCUT2D eigenvalue weighted by molar-refractivity contribution is -0.165. The summed E-state index contributed by atoms with van der Waals surface area (Å²) in [5, 5.41) is 65.1. The van der Waals surface area contributed by atoms with Gasteiger partial charge >= 0.3 is 23.9 Å². The third kappa shape index (κ3) is 13.7. The van der Waals surface area contributed by atoms with Gasteiger partial charge in [0.2, 0.25) is 0 Å². The van der Waals surface area contributed by atoms with Crippen molar-refractivity contribution >= 4 is 36.5 Å². The fourth-order valence-corrected chi connectivity index (χ4v) is 0.540. The molecule has 0 aliphatic rings. The number of carbonyl (C=O) groups is 4. The molecule has 0 bridgehead atoms. The maximum Gasteiger partial charge on any atom is 0.335 e. The fourth-order valence-electron chi connectivity index (χ4n) is 0.540. The summed E-state index contributed by atoms with van der Waals surface area (Å²) in [4.78, 5) is 39.1. The molecule has 0 radical (unpaired) electrons. The van der Waals surface area contributed by atoms with Crippen LogP contribution in [0.1, 0.15) is 0 Å². The number of rotatable bonds is 7. The van der Waals surface area contributed by atoms with Crippen LogP contribution in [-0.2, 0) is 19.2 Å². The van der Waals surface area contributed by atoms with Gasteiger partial charge in [-0.25, -0.2) is 19.2 Å². The Labute approximate surface area is 140 Å². The van der Waals surface area contributed by atoms with Gasteiger partial charge in [-0.2, -0.15) is 12.6 Å². The van der Waals surface area contributed by atoms with Crippen LogP contribution in [0.3, 0.4) is 0 Å². The molecule has 0 aromatic heterocycles. The van der Waals surface area contributed by atoms with Crippen molar-refractivity contribution in [2.75, 3.05) is 12.3 Å². The van der Waals surface area contributed by atoms with E-state index in [2.05, 4.69) is 12.6 Å². The minimum Gasteiger partial charge on any atom is -0.479 e. The molecule has 0 fully saturated rings. The highest BCUT2D eigenvalue weighted by Crippen LogP contribution is 1.93. The Morgan fingerprint density at radius 1 is 0.667 bits per heavy atom. The standard InChI is InChI=1S/2C4H6O6.C2H7NS/c2*5-1(3(7)8)2(6)4(9)10;3-1-2-4/h2*1-2,5-6H,(H,7,8)(H,9,10);4H,1-3H2. The van der Waals surface area contributed by atoms with E-state index in [9.17, 15) is 19.2 Å². The van der Waals surface area contributed by atoms with Crippen LogP contribution in [0.15, 0.2) is 0 Å². The first-order chi connectivity index (χ1) is 10.8. The second-order valence-electron chi connectivity index (χ2n) is 3.64. The minimum absolute atomic E-state index is 0.684. The van der Waals surface area contributed by atoms with Gasteiger partial charge in [-0.1, -0.05) is 0 Å². The van der Waals surface area contributed by atoms with E-state index >= 15 is 0 Å². The van der Waals surface area contributed by atoms with E-state index in [-0.39, 0.29) is 0 Å². The summed E-state index contributed by atoms with van der Waals surface area (Å²) in [5.41, 5.74) is 4.95. The normalized spacial score (nSPS) is 14.4. The Kier molecular flexibility index (Phi) is 16.4. The van der Waals surface area contributed by atoms with Gasteiger partial charge in [0, 0.05) is 12.3 Å². The van der Waals surface area contributed by atoms with Crippen molar-refractivity contribution < 1.29 is 60.0 Å². The van der Waals surface area contributed by atoms with Crippen LogP contribution in [0.5, 0.6) is 0 Å². The summed E-state index contributed by atoms with van der Waals surface area (Å²) in [6.45, 7) is 0.684. The van der Waals surface area contributed by atoms with Gasteiger partial charge in [0.25, 0.3) is 0 Å². The summed E-state index contributed by atoms with van der Waals surface area (Å²) in [6, 6.07) is 0. The van der Waals surface area contributed by atoms with Crippen molar-refractivity contribution in [3.05, 3.63) is 0 Å². The molecule has 0 rings (SSSR count). The second kappa shape index (κ2) is 14.6. The van der Waals surface area contributed by atoms with Gasteiger partial charge < -0.3 is 46.6 Å². The molecule has 4 atom stereocenters. The Morgan fingerprint density at radius 2 is 0.792 bits per heavy atom. The van der Waals surface area contributed by atoms with E-state index in [1.54, 1.807) is 0 Å². The van der Waals surface area contributed by atoms with Gasteiger partial charge in [0.05, 0.1) is 0 Å². The maximum absolute atomic E-state index is 9.77. The molecule has 4 unspecified atom stereocenters. The number of aliphatic hydroxyl groups is 4. The van der Waals surface area contributed by atoms with Crippen LogP contribution in [0.25, 0.3) is 0 Å². The van der Waals surface area contributed by atoms with Crippen LogP contribution in [0.2, 0.25) is 0 Å². The summed E-state index contributed by atoms with van der Waals surface area (Å²) < 4.78 is 0. The first-order valence-electron chi connectivity index (χ1n) is 5.79. The number of hydrogen-bond donors (Lipinski definition) is 10. The van der Waals surface area contributed by atoms with Crippen LogP contribution < -0.4 is 5.73 Å². The van der Waals surface area contributed by atoms with Crippen LogP contribution in [0.4, 0.5) is 0 Å². The molecule has 13 nitrogen and oxygen atoms in total. The molecule has 0 heterocycles. The molecule has 0 aliphatic carbocycles. The predicted molar refractivity (Wildman–Crippen MR) is 77.5 cm³/mol. The third-order valence-corrected chi connectivity index (χ3v) is 2.00. The Balaban J connectivity index is -0.000000301. The number of carboxylic acids is 4. The zero-order valence-electron chi connectivity index (χ0n) is 12.0. The van der Waals surface area contributed by atoms with Crippen molar-refractivity contribution in [3.63, 3.8) is 0 Å². The molecule has 0 saturated carbocycles. The summed E-state index contributed by atoms with van der Waals surface area (Å²) in [6.07, 6.45) is -9.06. The Hall–Kier alpha value is -1.97. The lowest BCUT2D eigenvalue weighted by Crippen LogP contribution is -2.39. The Bertz CT molecular complexity index is 343. The smallest absolute Gasteiger partial charge is 0.335 e. The molecule has 0 aliphatic heterocycles. The van der Waals surface area contributed by atoms with Crippen LogP contribution in [-0.4, -0.2) is 101 Å². The second-order valence-corrected chi connectivity index (χ2v) is 4.09. The van der Waals surface area contributed by atoms with Crippen molar-refractivity contribution in [1.29, 1.82) is 0 Å². The molecule has 10 N–H and O–H groups in total. The van der Waals surface area contributed by atoms with E-state index in [0.717, 1.165) is 5.75 Å². The van der Waals surface area contributed by atoms with Gasteiger partial charge in [-0.05, 0) is 0 Å². The van der Waals surface area contributed by atoms with Gasteiger partial charge in [-0.15, -0.1) is 0 Å². The zero-order valence-corrected chi connectivity index (χ0v) is 12.9. The monoisotopic (exact) mass is 377 g/mol. The molecular weight excluding hydrogens is 358 g/mol. The molecule has 0 spiro atoms. The number of aliphatic carboxylic acids is 4. The van der Waals surface area contributed by atoms with Gasteiger partial charge in [0.1, 0.15) is 0 Å². The summed E-state index contributed by atoms with van der Waals surface area (Å²) >= 11 is 3.80. The lowest BCUT2D eigenvalue weighted by Gasteiger charge is -2.07. The highest BCUT2D eigenvalue weighted by Gasteiger charge is 2.30. The average Bonchev–Trinajstić information content (AvgIpc) is 2.52. The molecule has 14 heteroatoms. The first-order valence-corrected chi connectivity index (χ1v) is 6.42. The number of carboxylic acid groups (broad SMARTS) is 4. The third-order valence-electron chi connectivity index (χ3n) is 1.74. The van der Waals surface area contributed by atoms with Crippen molar-refractivity contribution in [1.82, 2.24) is 0 Å². The highest BCUT2D eigenvalue weighted by molar-refractivity contribution is 7.80. The maximum atomic E-state index is 9.77. The van der Waals surface area contributed by atoms with E-state index in [1.807, 2.05) is 0 Å². The summed E-state index contributed by atoms with van der Waals surface area (Å²) in [5.74, 6) is -6.28. The van der Waals surface area contributed by atoms with E-state index in [0.29, 0.717) is 6.54 Å². The fraction of sp³-hybridized carbons (Fsp3) is 0.600. The molecule has 0 aromatic rings. The van der Waals surface area contributed by atoms with E-state index < -0.39 is 48.3 Å². The molecule has 0 amide bonds.